The van der Waals surface area contributed by atoms with Gasteiger partial charge in [0.1, 0.15) is 11.5 Å². The number of carbonyl (C=O) groups excluding carboxylic acids is 1. The Kier molecular flexibility index (Phi) is 5.05. The molecular weight excluding hydrogens is 377 g/mol. The first-order chi connectivity index (χ1) is 12.2. The second kappa shape index (κ2) is 7.12. The SMILES string of the molecule is CC(C)(C)c1nnc2sc(SCC(=O)Nc3cccc(F)c3)nn2c1=O. The van der Waals surface area contributed by atoms with Crippen molar-refractivity contribution in [1.82, 2.24) is 19.8 Å². The summed E-state index contributed by atoms with van der Waals surface area (Å²) in [6, 6.07) is 5.66. The molecule has 3 rings (SSSR count). The largest absolute Gasteiger partial charge is 0.325 e. The molecule has 0 spiro atoms. The third-order valence-electron chi connectivity index (χ3n) is 3.32. The van der Waals surface area contributed by atoms with Crippen molar-refractivity contribution in [2.45, 2.75) is 30.5 Å². The molecule has 2 aromatic heterocycles. The number of nitrogens with zero attached hydrogens (tertiary/aromatic N) is 4. The maximum Gasteiger partial charge on any atom is 0.297 e. The average Bonchev–Trinajstić information content (AvgIpc) is 2.96. The highest BCUT2D eigenvalue weighted by atomic mass is 32.2. The van der Waals surface area contributed by atoms with E-state index in [0.29, 0.717) is 20.7 Å². The minimum Gasteiger partial charge on any atom is -0.325 e. The fraction of sp³-hybridized carbons (Fsp3) is 0.312. The van der Waals surface area contributed by atoms with Gasteiger partial charge in [0.25, 0.3) is 5.56 Å². The quantitative estimate of drug-likeness (QED) is 0.686. The molecule has 10 heteroatoms. The molecule has 0 aliphatic heterocycles. The standard InChI is InChI=1S/C16H16FN5O2S2/c1-16(2,3)12-13(24)22-14(20-19-12)26-15(21-22)25-8-11(23)18-10-6-4-5-9(17)7-10/h4-7H,8H2,1-3H3,(H,18,23). The zero-order valence-electron chi connectivity index (χ0n) is 14.3. The van der Waals surface area contributed by atoms with Gasteiger partial charge in [-0.25, -0.2) is 4.39 Å². The Morgan fingerprint density at radius 2 is 2.12 bits per heavy atom. The predicted octanol–water partition coefficient (Wildman–Crippen LogP) is 2.71. The fourth-order valence-electron chi connectivity index (χ4n) is 2.12. The molecule has 0 saturated carbocycles. The molecule has 0 radical (unpaired) electrons. The summed E-state index contributed by atoms with van der Waals surface area (Å²) in [5, 5.41) is 14.9. The topological polar surface area (TPSA) is 89.2 Å². The molecule has 1 aromatic carbocycles. The number of aromatic nitrogens is 4. The van der Waals surface area contributed by atoms with Gasteiger partial charge in [-0.15, -0.1) is 15.3 Å². The van der Waals surface area contributed by atoms with Gasteiger partial charge in [-0.1, -0.05) is 49.9 Å². The summed E-state index contributed by atoms with van der Waals surface area (Å²) >= 11 is 2.36. The van der Waals surface area contributed by atoms with E-state index in [1.54, 1.807) is 6.07 Å². The van der Waals surface area contributed by atoms with Crippen molar-refractivity contribution in [3.63, 3.8) is 0 Å². The van der Waals surface area contributed by atoms with Gasteiger partial charge in [0.05, 0.1) is 5.75 Å². The molecule has 0 atom stereocenters. The number of rotatable bonds is 4. The highest BCUT2D eigenvalue weighted by Gasteiger charge is 2.23. The lowest BCUT2D eigenvalue weighted by atomic mass is 9.93. The molecule has 0 bridgehead atoms. The van der Waals surface area contributed by atoms with Crippen LogP contribution < -0.4 is 10.9 Å². The summed E-state index contributed by atoms with van der Waals surface area (Å²) in [5.41, 5.74) is -0.0279. The molecule has 0 aliphatic carbocycles. The van der Waals surface area contributed by atoms with E-state index >= 15 is 0 Å². The van der Waals surface area contributed by atoms with Gasteiger partial charge in [-0.05, 0) is 18.2 Å². The maximum absolute atomic E-state index is 13.1. The van der Waals surface area contributed by atoms with E-state index in [1.807, 2.05) is 20.8 Å². The molecule has 1 N–H and O–H groups in total. The number of hydrogen-bond donors (Lipinski definition) is 1. The summed E-state index contributed by atoms with van der Waals surface area (Å²) in [7, 11) is 0. The number of thioether (sulfide) groups is 1. The van der Waals surface area contributed by atoms with E-state index in [9.17, 15) is 14.0 Å². The third-order valence-corrected chi connectivity index (χ3v) is 5.35. The van der Waals surface area contributed by atoms with Gasteiger partial charge in [0, 0.05) is 11.1 Å². The third kappa shape index (κ3) is 4.07. The van der Waals surface area contributed by atoms with Gasteiger partial charge in [-0.2, -0.15) is 4.52 Å². The highest BCUT2D eigenvalue weighted by molar-refractivity contribution is 8.01. The van der Waals surface area contributed by atoms with Crippen molar-refractivity contribution >= 4 is 39.7 Å². The number of amides is 1. The maximum atomic E-state index is 13.1. The monoisotopic (exact) mass is 393 g/mol. The Morgan fingerprint density at radius 3 is 2.81 bits per heavy atom. The van der Waals surface area contributed by atoms with Crippen LogP contribution in [0.15, 0.2) is 33.4 Å². The van der Waals surface area contributed by atoms with Crippen LogP contribution >= 0.6 is 23.1 Å². The van der Waals surface area contributed by atoms with Crippen LogP contribution in [-0.2, 0) is 10.2 Å². The fourth-order valence-corrected chi connectivity index (χ4v) is 3.79. The lowest BCUT2D eigenvalue weighted by molar-refractivity contribution is -0.113. The molecular formula is C16H16FN5O2S2. The molecule has 7 nitrogen and oxygen atoms in total. The number of fused-ring (bicyclic) bond motifs is 1. The molecule has 136 valence electrons. The Labute approximate surface area is 156 Å². The Balaban J connectivity index is 1.72. The molecule has 3 aromatic rings. The number of hydrogen-bond acceptors (Lipinski definition) is 7. The van der Waals surface area contributed by atoms with Crippen LogP contribution in [0.1, 0.15) is 26.5 Å². The number of anilines is 1. The van der Waals surface area contributed by atoms with E-state index in [4.69, 9.17) is 0 Å². The number of benzene rings is 1. The minimum absolute atomic E-state index is 0.0740. The Bertz CT molecular complexity index is 1030. The Hall–Kier alpha value is -2.33. The smallest absolute Gasteiger partial charge is 0.297 e. The number of halogens is 1. The first-order valence-electron chi connectivity index (χ1n) is 7.69. The van der Waals surface area contributed by atoms with Gasteiger partial charge >= 0.3 is 0 Å². The van der Waals surface area contributed by atoms with Crippen LogP contribution in [0.2, 0.25) is 0 Å². The molecule has 1 amide bonds. The van der Waals surface area contributed by atoms with Crippen LogP contribution in [-0.4, -0.2) is 31.5 Å². The molecule has 0 aliphatic rings. The van der Waals surface area contributed by atoms with Crippen LogP contribution in [0, 0.1) is 5.82 Å². The highest BCUT2D eigenvalue weighted by Crippen LogP contribution is 2.24. The first kappa shape index (κ1) is 18.5. The van der Waals surface area contributed by atoms with E-state index in [2.05, 4.69) is 20.6 Å². The van der Waals surface area contributed by atoms with Crippen molar-refractivity contribution in [2.24, 2.45) is 0 Å². The van der Waals surface area contributed by atoms with Crippen LogP contribution in [0.4, 0.5) is 10.1 Å². The first-order valence-corrected chi connectivity index (χ1v) is 9.49. The summed E-state index contributed by atoms with van der Waals surface area (Å²) in [6.07, 6.45) is 0. The van der Waals surface area contributed by atoms with Crippen molar-refractivity contribution < 1.29 is 9.18 Å². The van der Waals surface area contributed by atoms with Crippen LogP contribution in [0.3, 0.4) is 0 Å². The predicted molar refractivity (Wildman–Crippen MR) is 99.4 cm³/mol. The molecule has 0 unspecified atom stereocenters. The van der Waals surface area contributed by atoms with Crippen molar-refractivity contribution in [1.29, 1.82) is 0 Å². The van der Waals surface area contributed by atoms with Gasteiger partial charge < -0.3 is 5.32 Å². The second-order valence-corrected chi connectivity index (χ2v) is 8.69. The number of nitrogens with one attached hydrogen (secondary N) is 1. The molecule has 0 saturated heterocycles. The van der Waals surface area contributed by atoms with Crippen LogP contribution in [0.25, 0.3) is 4.96 Å². The van der Waals surface area contributed by atoms with E-state index in [-0.39, 0.29) is 17.2 Å². The summed E-state index contributed by atoms with van der Waals surface area (Å²) in [5.74, 6) is -0.645. The van der Waals surface area contributed by atoms with Crippen molar-refractivity contribution in [3.05, 3.63) is 46.1 Å². The van der Waals surface area contributed by atoms with E-state index in [1.165, 1.54) is 45.8 Å². The minimum atomic E-state index is -0.437. The zero-order valence-corrected chi connectivity index (χ0v) is 15.9. The van der Waals surface area contributed by atoms with Gasteiger partial charge in [0.15, 0.2) is 4.34 Å². The summed E-state index contributed by atoms with van der Waals surface area (Å²) < 4.78 is 14.9. The van der Waals surface area contributed by atoms with Crippen molar-refractivity contribution in [2.75, 3.05) is 11.1 Å². The lowest BCUT2D eigenvalue weighted by Gasteiger charge is -2.14. The number of carbonyl (C=O) groups is 1. The van der Waals surface area contributed by atoms with E-state index in [0.717, 1.165) is 0 Å². The van der Waals surface area contributed by atoms with E-state index < -0.39 is 11.2 Å². The van der Waals surface area contributed by atoms with Crippen LogP contribution in [0.5, 0.6) is 0 Å². The average molecular weight is 393 g/mol. The normalized spacial score (nSPS) is 11.7. The zero-order chi connectivity index (χ0) is 18.9. The lowest BCUT2D eigenvalue weighted by Crippen LogP contribution is -2.30. The Morgan fingerprint density at radius 1 is 1.35 bits per heavy atom. The molecule has 26 heavy (non-hydrogen) atoms. The molecule has 0 fully saturated rings. The molecule has 2 heterocycles. The summed E-state index contributed by atoms with van der Waals surface area (Å²) in [4.78, 5) is 24.8. The van der Waals surface area contributed by atoms with Gasteiger partial charge in [-0.3, -0.25) is 9.59 Å². The van der Waals surface area contributed by atoms with Crippen molar-refractivity contribution in [3.8, 4) is 0 Å². The summed E-state index contributed by atoms with van der Waals surface area (Å²) in [6.45, 7) is 5.64. The van der Waals surface area contributed by atoms with Gasteiger partial charge in [0.2, 0.25) is 10.9 Å². The second-order valence-electron chi connectivity index (χ2n) is 6.51.